The highest BCUT2D eigenvalue weighted by Gasteiger charge is 2.32. The highest BCUT2D eigenvalue weighted by Crippen LogP contribution is 2.22. The monoisotopic (exact) mass is 284 g/mol. The molecule has 1 aromatic heterocycles. The maximum atomic E-state index is 13.1. The van der Waals surface area contributed by atoms with Crippen LogP contribution in [-0.4, -0.2) is 29.0 Å². The average Bonchev–Trinajstić information content (AvgIpc) is 2.80. The van der Waals surface area contributed by atoms with Crippen molar-refractivity contribution in [3.8, 4) is 0 Å². The summed E-state index contributed by atoms with van der Waals surface area (Å²) in [7, 11) is -3.10. The summed E-state index contributed by atoms with van der Waals surface area (Å²) in [6.07, 6.45) is 1.21. The van der Waals surface area contributed by atoms with Crippen LogP contribution in [0.25, 0.3) is 11.0 Å². The summed E-state index contributed by atoms with van der Waals surface area (Å²) in [6.45, 7) is 0.132. The summed E-state index contributed by atoms with van der Waals surface area (Å²) in [5.41, 5.74) is 0.525. The summed E-state index contributed by atoms with van der Waals surface area (Å²) in [5, 5.41) is -0.519. The zero-order chi connectivity index (χ0) is 13.6. The molecule has 3 rings (SSSR count). The van der Waals surface area contributed by atoms with Gasteiger partial charge in [-0.1, -0.05) is 0 Å². The van der Waals surface area contributed by atoms with Crippen molar-refractivity contribution in [1.82, 2.24) is 9.55 Å². The topological polar surface area (TPSA) is 71.9 Å². The number of hydrogen-bond donors (Lipinski definition) is 1. The molecule has 0 aliphatic carbocycles. The molecule has 0 spiro atoms. The van der Waals surface area contributed by atoms with Gasteiger partial charge in [-0.05, 0) is 31.0 Å². The summed E-state index contributed by atoms with van der Waals surface area (Å²) in [6, 6.07) is 3.98. The Labute approximate surface area is 109 Å². The van der Waals surface area contributed by atoms with Crippen LogP contribution in [0.5, 0.6) is 0 Å². The van der Waals surface area contributed by atoms with Gasteiger partial charge < -0.3 is 4.98 Å². The Kier molecular flexibility index (Phi) is 2.74. The van der Waals surface area contributed by atoms with Crippen LogP contribution >= 0.6 is 0 Å². The van der Waals surface area contributed by atoms with Crippen molar-refractivity contribution >= 4 is 20.9 Å². The Bertz CT molecular complexity index is 791. The molecule has 0 amide bonds. The van der Waals surface area contributed by atoms with Crippen molar-refractivity contribution in [1.29, 1.82) is 0 Å². The summed E-state index contributed by atoms with van der Waals surface area (Å²) < 4.78 is 38.1. The second-order valence-electron chi connectivity index (χ2n) is 4.83. The molecular weight excluding hydrogens is 271 g/mol. The van der Waals surface area contributed by atoms with Gasteiger partial charge in [0, 0.05) is 6.54 Å². The minimum absolute atomic E-state index is 0.132. The molecule has 2 heterocycles. The number of halogens is 1. The standard InChI is InChI=1S/C12H13FN2O3S/c13-8-3-4-11-10(6-8)14-12(16)15(11)7-9-2-1-5-19(9,17)18/h3-4,6,9H,1-2,5,7H2,(H,14,16). The van der Waals surface area contributed by atoms with Crippen molar-refractivity contribution in [2.75, 3.05) is 5.75 Å². The van der Waals surface area contributed by atoms with Crippen LogP contribution in [0.4, 0.5) is 4.39 Å². The van der Waals surface area contributed by atoms with Crippen LogP contribution in [0.2, 0.25) is 0 Å². The van der Waals surface area contributed by atoms with E-state index in [4.69, 9.17) is 0 Å². The lowest BCUT2D eigenvalue weighted by atomic mass is 10.2. The fourth-order valence-electron chi connectivity index (χ4n) is 2.58. The molecule has 1 N–H and O–H groups in total. The van der Waals surface area contributed by atoms with Gasteiger partial charge in [0.05, 0.1) is 22.0 Å². The molecule has 19 heavy (non-hydrogen) atoms. The molecule has 1 saturated heterocycles. The first-order valence-electron chi connectivity index (χ1n) is 6.07. The van der Waals surface area contributed by atoms with E-state index in [-0.39, 0.29) is 12.3 Å². The molecule has 2 aromatic rings. The number of H-pyrrole nitrogens is 1. The Morgan fingerprint density at radius 2 is 2.21 bits per heavy atom. The van der Waals surface area contributed by atoms with E-state index in [1.54, 1.807) is 0 Å². The quantitative estimate of drug-likeness (QED) is 0.896. The minimum atomic E-state index is -3.10. The van der Waals surface area contributed by atoms with Crippen LogP contribution in [-0.2, 0) is 16.4 Å². The van der Waals surface area contributed by atoms with Crippen molar-refractivity contribution < 1.29 is 12.8 Å². The van der Waals surface area contributed by atoms with Gasteiger partial charge in [0.15, 0.2) is 9.84 Å². The fraction of sp³-hybridized carbons (Fsp3) is 0.417. The van der Waals surface area contributed by atoms with Gasteiger partial charge in [-0.15, -0.1) is 0 Å². The van der Waals surface area contributed by atoms with E-state index >= 15 is 0 Å². The van der Waals surface area contributed by atoms with E-state index in [0.717, 1.165) is 0 Å². The van der Waals surface area contributed by atoms with Crippen molar-refractivity contribution in [3.05, 3.63) is 34.5 Å². The number of nitrogens with zero attached hydrogens (tertiary/aromatic N) is 1. The Hall–Kier alpha value is -1.63. The van der Waals surface area contributed by atoms with Crippen LogP contribution in [0.3, 0.4) is 0 Å². The van der Waals surface area contributed by atoms with Crippen molar-refractivity contribution in [3.63, 3.8) is 0 Å². The minimum Gasteiger partial charge on any atom is -0.305 e. The number of imidazole rings is 1. The van der Waals surface area contributed by atoms with Crippen LogP contribution in [0, 0.1) is 5.82 Å². The summed E-state index contributed by atoms with van der Waals surface area (Å²) >= 11 is 0. The smallest absolute Gasteiger partial charge is 0.305 e. The Balaban J connectivity index is 2.06. The molecule has 0 radical (unpaired) electrons. The van der Waals surface area contributed by atoms with Gasteiger partial charge >= 0.3 is 5.69 Å². The number of sulfone groups is 1. The number of fused-ring (bicyclic) bond motifs is 1. The second kappa shape index (κ2) is 4.19. The van der Waals surface area contributed by atoms with Gasteiger partial charge in [0.25, 0.3) is 0 Å². The molecule has 7 heteroatoms. The van der Waals surface area contributed by atoms with Crippen molar-refractivity contribution in [2.24, 2.45) is 0 Å². The predicted molar refractivity (Wildman–Crippen MR) is 69.3 cm³/mol. The molecule has 1 atom stereocenters. The number of rotatable bonds is 2. The predicted octanol–water partition coefficient (Wildman–Crippen LogP) is 1.05. The van der Waals surface area contributed by atoms with Crippen LogP contribution < -0.4 is 5.69 Å². The third kappa shape index (κ3) is 2.07. The molecule has 102 valence electrons. The SMILES string of the molecule is O=c1[nH]c2cc(F)ccc2n1CC1CCCS1(=O)=O. The van der Waals surface area contributed by atoms with Gasteiger partial charge in [0.1, 0.15) is 5.82 Å². The largest absolute Gasteiger partial charge is 0.326 e. The van der Waals surface area contributed by atoms with E-state index in [0.29, 0.717) is 23.9 Å². The first-order chi connectivity index (χ1) is 8.97. The van der Waals surface area contributed by atoms with Gasteiger partial charge in [0.2, 0.25) is 0 Å². The van der Waals surface area contributed by atoms with Crippen LogP contribution in [0.1, 0.15) is 12.8 Å². The number of aromatic amines is 1. The van der Waals surface area contributed by atoms with Gasteiger partial charge in [-0.2, -0.15) is 0 Å². The van der Waals surface area contributed by atoms with E-state index in [1.165, 1.54) is 22.8 Å². The average molecular weight is 284 g/mol. The zero-order valence-corrected chi connectivity index (χ0v) is 10.9. The molecule has 1 aromatic carbocycles. The number of benzene rings is 1. The molecule has 1 aliphatic heterocycles. The van der Waals surface area contributed by atoms with E-state index in [2.05, 4.69) is 4.98 Å². The summed E-state index contributed by atoms with van der Waals surface area (Å²) in [4.78, 5) is 14.4. The maximum Gasteiger partial charge on any atom is 0.326 e. The lowest BCUT2D eigenvalue weighted by Crippen LogP contribution is -2.27. The molecular formula is C12H13FN2O3S. The lowest BCUT2D eigenvalue weighted by molar-refractivity contribution is 0.565. The molecule has 1 aliphatic rings. The molecule has 5 nitrogen and oxygen atoms in total. The van der Waals surface area contributed by atoms with Gasteiger partial charge in [-0.25, -0.2) is 17.6 Å². The van der Waals surface area contributed by atoms with Crippen molar-refractivity contribution in [2.45, 2.75) is 24.6 Å². The fourth-order valence-corrected chi connectivity index (χ4v) is 4.39. The Morgan fingerprint density at radius 3 is 2.89 bits per heavy atom. The van der Waals surface area contributed by atoms with E-state index in [9.17, 15) is 17.6 Å². The molecule has 1 fully saturated rings. The number of aromatic nitrogens is 2. The normalized spacial score (nSPS) is 22.1. The van der Waals surface area contributed by atoms with Gasteiger partial charge in [-0.3, -0.25) is 4.57 Å². The molecule has 0 bridgehead atoms. The van der Waals surface area contributed by atoms with Crippen LogP contribution in [0.15, 0.2) is 23.0 Å². The Morgan fingerprint density at radius 1 is 1.42 bits per heavy atom. The van der Waals surface area contributed by atoms with E-state index in [1.807, 2.05) is 0 Å². The number of nitrogens with one attached hydrogen (secondary N) is 1. The summed E-state index contributed by atoms with van der Waals surface area (Å²) in [5.74, 6) is -0.252. The first kappa shape index (κ1) is 12.4. The highest BCUT2D eigenvalue weighted by atomic mass is 32.2. The lowest BCUT2D eigenvalue weighted by Gasteiger charge is -2.10. The maximum absolute atomic E-state index is 13.1. The third-order valence-corrected chi connectivity index (χ3v) is 5.84. The zero-order valence-electron chi connectivity index (χ0n) is 10.1. The number of hydrogen-bond acceptors (Lipinski definition) is 3. The second-order valence-corrected chi connectivity index (χ2v) is 7.23. The highest BCUT2D eigenvalue weighted by molar-refractivity contribution is 7.92. The molecule has 0 saturated carbocycles. The first-order valence-corrected chi connectivity index (χ1v) is 7.78. The van der Waals surface area contributed by atoms with E-state index < -0.39 is 26.6 Å². The third-order valence-electron chi connectivity index (χ3n) is 3.59. The molecule has 1 unspecified atom stereocenters.